The van der Waals surface area contributed by atoms with Crippen LogP contribution in [0.25, 0.3) is 11.3 Å². The zero-order valence-electron chi connectivity index (χ0n) is 9.74. The van der Waals surface area contributed by atoms with Crippen LogP contribution in [0, 0.1) is 11.7 Å². The van der Waals surface area contributed by atoms with Gasteiger partial charge in [-0.1, -0.05) is 11.6 Å². The highest BCUT2D eigenvalue weighted by atomic mass is 35.5. The summed E-state index contributed by atoms with van der Waals surface area (Å²) in [4.78, 5) is 0. The molecule has 0 saturated heterocycles. The standard InChI is InChI=1S/C13H13ClFN3/c14-11-12(9-3-5-10(15)6-4-9)18(17-13(11)16)7-8-1-2-8/h3-6,8H,1-2,7H2,(H2,16,17). The summed E-state index contributed by atoms with van der Waals surface area (Å²) in [6.45, 7) is 0.823. The van der Waals surface area contributed by atoms with Crippen LogP contribution in [0.15, 0.2) is 24.3 Å². The normalized spacial score (nSPS) is 15.0. The van der Waals surface area contributed by atoms with Gasteiger partial charge in [-0.25, -0.2) is 4.39 Å². The fourth-order valence-corrected chi connectivity index (χ4v) is 2.26. The molecule has 18 heavy (non-hydrogen) atoms. The van der Waals surface area contributed by atoms with Gasteiger partial charge in [0.2, 0.25) is 0 Å². The maximum atomic E-state index is 12.9. The molecule has 0 amide bonds. The minimum Gasteiger partial charge on any atom is -0.381 e. The maximum absolute atomic E-state index is 12.9. The van der Waals surface area contributed by atoms with Crippen LogP contribution in [0.4, 0.5) is 10.2 Å². The molecule has 0 radical (unpaired) electrons. The number of nitrogen functional groups attached to an aromatic ring is 1. The van der Waals surface area contributed by atoms with Crippen molar-refractivity contribution in [1.29, 1.82) is 0 Å². The zero-order valence-corrected chi connectivity index (χ0v) is 10.5. The van der Waals surface area contributed by atoms with Crippen molar-refractivity contribution >= 4 is 17.4 Å². The van der Waals surface area contributed by atoms with Crippen molar-refractivity contribution in [2.45, 2.75) is 19.4 Å². The second-order valence-corrected chi connectivity index (χ2v) is 5.06. The molecule has 3 rings (SSSR count). The lowest BCUT2D eigenvalue weighted by Gasteiger charge is -2.07. The van der Waals surface area contributed by atoms with Gasteiger partial charge in [-0.05, 0) is 43.0 Å². The summed E-state index contributed by atoms with van der Waals surface area (Å²) in [7, 11) is 0. The minimum absolute atomic E-state index is 0.267. The minimum atomic E-state index is -0.267. The first-order chi connectivity index (χ1) is 8.65. The molecule has 2 aromatic rings. The number of aromatic nitrogens is 2. The van der Waals surface area contributed by atoms with Crippen LogP contribution in [0.1, 0.15) is 12.8 Å². The van der Waals surface area contributed by atoms with E-state index in [1.54, 1.807) is 12.1 Å². The molecule has 94 valence electrons. The lowest BCUT2D eigenvalue weighted by Crippen LogP contribution is -2.04. The van der Waals surface area contributed by atoms with Gasteiger partial charge in [-0.3, -0.25) is 4.68 Å². The van der Waals surface area contributed by atoms with E-state index in [0.717, 1.165) is 17.8 Å². The Labute approximate surface area is 109 Å². The topological polar surface area (TPSA) is 43.8 Å². The second-order valence-electron chi connectivity index (χ2n) is 4.68. The van der Waals surface area contributed by atoms with E-state index in [4.69, 9.17) is 17.3 Å². The quantitative estimate of drug-likeness (QED) is 0.925. The van der Waals surface area contributed by atoms with Gasteiger partial charge in [0, 0.05) is 12.1 Å². The molecule has 0 atom stereocenters. The largest absolute Gasteiger partial charge is 0.381 e. The molecule has 3 nitrogen and oxygen atoms in total. The van der Waals surface area contributed by atoms with Crippen LogP contribution in [0.3, 0.4) is 0 Å². The van der Waals surface area contributed by atoms with Crippen molar-refractivity contribution < 1.29 is 4.39 Å². The smallest absolute Gasteiger partial charge is 0.164 e. The van der Waals surface area contributed by atoms with E-state index < -0.39 is 0 Å². The monoisotopic (exact) mass is 265 g/mol. The highest BCUT2D eigenvalue weighted by Crippen LogP contribution is 2.36. The van der Waals surface area contributed by atoms with Gasteiger partial charge in [0.15, 0.2) is 5.82 Å². The molecular weight excluding hydrogens is 253 g/mol. The lowest BCUT2D eigenvalue weighted by atomic mass is 10.1. The van der Waals surface area contributed by atoms with Crippen LogP contribution >= 0.6 is 11.6 Å². The van der Waals surface area contributed by atoms with Gasteiger partial charge in [0.1, 0.15) is 10.8 Å². The van der Waals surface area contributed by atoms with Crippen molar-refractivity contribution in [3.63, 3.8) is 0 Å². The van der Waals surface area contributed by atoms with E-state index in [2.05, 4.69) is 5.10 Å². The highest BCUT2D eigenvalue weighted by molar-refractivity contribution is 6.35. The number of rotatable bonds is 3. The molecule has 0 bridgehead atoms. The molecule has 1 aromatic heterocycles. The molecule has 0 aliphatic heterocycles. The molecule has 2 N–H and O–H groups in total. The first kappa shape index (κ1) is 11.5. The fourth-order valence-electron chi connectivity index (χ4n) is 2.02. The zero-order chi connectivity index (χ0) is 12.7. The van der Waals surface area contributed by atoms with Gasteiger partial charge >= 0.3 is 0 Å². The van der Waals surface area contributed by atoms with Gasteiger partial charge in [-0.2, -0.15) is 5.10 Å². The number of hydrogen-bond donors (Lipinski definition) is 1. The molecule has 0 spiro atoms. The third kappa shape index (κ3) is 2.08. The van der Waals surface area contributed by atoms with E-state index in [-0.39, 0.29) is 5.82 Å². The lowest BCUT2D eigenvalue weighted by molar-refractivity contribution is 0.570. The van der Waals surface area contributed by atoms with E-state index in [1.807, 2.05) is 4.68 Å². The summed E-state index contributed by atoms with van der Waals surface area (Å²) in [5.41, 5.74) is 7.38. The van der Waals surface area contributed by atoms with E-state index in [1.165, 1.54) is 25.0 Å². The molecule has 1 aliphatic carbocycles. The van der Waals surface area contributed by atoms with Gasteiger partial charge in [0.25, 0.3) is 0 Å². The predicted molar refractivity (Wildman–Crippen MR) is 69.8 cm³/mol. The number of nitrogens with two attached hydrogens (primary N) is 1. The average molecular weight is 266 g/mol. The Morgan fingerprint density at radius 1 is 1.33 bits per heavy atom. The number of halogens is 2. The van der Waals surface area contributed by atoms with Gasteiger partial charge in [-0.15, -0.1) is 0 Å². The molecule has 1 heterocycles. The van der Waals surface area contributed by atoms with Crippen molar-refractivity contribution in [2.75, 3.05) is 5.73 Å². The first-order valence-electron chi connectivity index (χ1n) is 5.93. The van der Waals surface area contributed by atoms with Crippen LogP contribution in [-0.2, 0) is 6.54 Å². The summed E-state index contributed by atoms with van der Waals surface area (Å²) in [5.74, 6) is 0.729. The molecular formula is C13H13ClFN3. The summed E-state index contributed by atoms with van der Waals surface area (Å²) in [6, 6.07) is 6.22. The van der Waals surface area contributed by atoms with Crippen molar-refractivity contribution in [1.82, 2.24) is 9.78 Å². The average Bonchev–Trinajstić information content (AvgIpc) is 3.10. The molecule has 1 aromatic carbocycles. The van der Waals surface area contributed by atoms with Gasteiger partial charge in [0.05, 0.1) is 5.69 Å². The summed E-state index contributed by atoms with van der Waals surface area (Å²) in [5, 5.41) is 4.70. The Morgan fingerprint density at radius 2 is 2.00 bits per heavy atom. The fraction of sp³-hybridized carbons (Fsp3) is 0.308. The molecule has 1 aliphatic rings. The molecule has 5 heteroatoms. The Morgan fingerprint density at radius 3 is 2.61 bits per heavy atom. The van der Waals surface area contributed by atoms with E-state index in [9.17, 15) is 4.39 Å². The van der Waals surface area contributed by atoms with E-state index in [0.29, 0.717) is 16.8 Å². The number of hydrogen-bond acceptors (Lipinski definition) is 2. The highest BCUT2D eigenvalue weighted by Gasteiger charge is 2.25. The Hall–Kier alpha value is -1.55. The second kappa shape index (κ2) is 4.28. The maximum Gasteiger partial charge on any atom is 0.164 e. The predicted octanol–water partition coefficient (Wildman–Crippen LogP) is 3.33. The number of benzene rings is 1. The number of anilines is 1. The summed E-state index contributed by atoms with van der Waals surface area (Å²) >= 11 is 6.19. The van der Waals surface area contributed by atoms with E-state index >= 15 is 0 Å². The number of nitrogens with zero attached hydrogens (tertiary/aromatic N) is 2. The van der Waals surface area contributed by atoms with Crippen molar-refractivity contribution in [2.24, 2.45) is 5.92 Å². The third-order valence-electron chi connectivity index (χ3n) is 3.17. The van der Waals surface area contributed by atoms with Crippen molar-refractivity contribution in [3.8, 4) is 11.3 Å². The Kier molecular flexibility index (Phi) is 2.74. The third-order valence-corrected chi connectivity index (χ3v) is 3.54. The Balaban J connectivity index is 2.05. The van der Waals surface area contributed by atoms with Crippen LogP contribution < -0.4 is 5.73 Å². The molecule has 0 unspecified atom stereocenters. The van der Waals surface area contributed by atoms with Crippen LogP contribution in [0.2, 0.25) is 5.02 Å². The summed E-state index contributed by atoms with van der Waals surface area (Å²) in [6.07, 6.45) is 2.44. The van der Waals surface area contributed by atoms with Crippen molar-refractivity contribution in [3.05, 3.63) is 35.1 Å². The molecule has 1 fully saturated rings. The van der Waals surface area contributed by atoms with Gasteiger partial charge < -0.3 is 5.73 Å². The summed E-state index contributed by atoms with van der Waals surface area (Å²) < 4.78 is 14.8. The van der Waals surface area contributed by atoms with Crippen LogP contribution in [-0.4, -0.2) is 9.78 Å². The molecule has 1 saturated carbocycles. The first-order valence-corrected chi connectivity index (χ1v) is 6.30. The SMILES string of the molecule is Nc1nn(CC2CC2)c(-c2ccc(F)cc2)c1Cl. The Bertz CT molecular complexity index is 573. The van der Waals surface area contributed by atoms with Crippen LogP contribution in [0.5, 0.6) is 0 Å².